The Balaban J connectivity index is 0.000000162. The van der Waals surface area contributed by atoms with Crippen LogP contribution in [0.25, 0.3) is 0 Å². The molecule has 7 aromatic carbocycles. The summed E-state index contributed by atoms with van der Waals surface area (Å²) < 4.78 is 47.7. The summed E-state index contributed by atoms with van der Waals surface area (Å²) in [6.07, 6.45) is 0.511. The molecule has 20 nitrogen and oxygen atoms in total. The number of esters is 2. The maximum absolute atomic E-state index is 12.6. The molecule has 21 heteroatoms. The van der Waals surface area contributed by atoms with E-state index in [0.717, 1.165) is 22.4 Å². The van der Waals surface area contributed by atoms with Gasteiger partial charge in [0, 0.05) is 17.3 Å². The smallest absolute Gasteiger partial charge is 0.337 e. The molecule has 4 heterocycles. The summed E-state index contributed by atoms with van der Waals surface area (Å²) in [4.78, 5) is 84.9. The number of methoxy groups -OCH3 is 2. The molecule has 87 heavy (non-hydrogen) atoms. The fourth-order valence-corrected chi connectivity index (χ4v) is 8.76. The first-order valence-electron chi connectivity index (χ1n) is 27.7. The normalized spacial score (nSPS) is 13.4. The van der Waals surface area contributed by atoms with Crippen LogP contribution in [0.3, 0.4) is 0 Å². The molecule has 0 aliphatic carbocycles. The van der Waals surface area contributed by atoms with Crippen LogP contribution in [0.5, 0.6) is 40.2 Å². The van der Waals surface area contributed by atoms with Gasteiger partial charge in [0.05, 0.1) is 93.5 Å². The van der Waals surface area contributed by atoms with Gasteiger partial charge in [0.2, 0.25) is 0 Å². The van der Waals surface area contributed by atoms with Gasteiger partial charge in [0.1, 0.15) is 79.9 Å². The number of nitrogens with one attached hydrogen (secondary N) is 1. The molecule has 4 aliphatic heterocycles. The molecular formula is C66H66BrN3O17. The Morgan fingerprint density at radius 1 is 0.483 bits per heavy atom. The summed E-state index contributed by atoms with van der Waals surface area (Å²) in [5, 5.41) is 12.4. The minimum atomic E-state index is -0.513. The van der Waals surface area contributed by atoms with Crippen molar-refractivity contribution in [2.75, 3.05) is 105 Å². The van der Waals surface area contributed by atoms with Gasteiger partial charge in [0.25, 0.3) is 17.7 Å². The van der Waals surface area contributed by atoms with Crippen molar-refractivity contribution in [2.24, 2.45) is 0 Å². The van der Waals surface area contributed by atoms with E-state index in [0.29, 0.717) is 148 Å². The highest BCUT2D eigenvalue weighted by Crippen LogP contribution is 2.26. The van der Waals surface area contributed by atoms with Crippen LogP contribution >= 0.6 is 15.9 Å². The Morgan fingerprint density at radius 3 is 1.30 bits per heavy atom. The Morgan fingerprint density at radius 2 is 0.862 bits per heavy atom. The number of hydrogen-bond donors (Lipinski definition) is 2. The zero-order valence-electron chi connectivity index (χ0n) is 48.0. The van der Waals surface area contributed by atoms with Gasteiger partial charge >= 0.3 is 11.9 Å². The molecule has 0 bridgehead atoms. The van der Waals surface area contributed by atoms with Crippen LogP contribution in [0, 0.1) is 0 Å². The van der Waals surface area contributed by atoms with E-state index in [1.807, 2.05) is 54.6 Å². The number of halogens is 1. The second kappa shape index (κ2) is 34.3. The number of Topliss-reactive ketones (excluding diaryl/α,β-unsaturated/α-hetero) is 2. The lowest BCUT2D eigenvalue weighted by atomic mass is 10.1. The Kier molecular flexibility index (Phi) is 25.5. The molecule has 0 atom stereocenters. The fraction of sp³-hybridized carbons (Fsp3) is 0.258. The topological polar surface area (TPSA) is 241 Å². The zero-order chi connectivity index (χ0) is 61.8. The third-order valence-electron chi connectivity index (χ3n) is 13.1. The summed E-state index contributed by atoms with van der Waals surface area (Å²) in [5.74, 6) is 3.56. The molecule has 0 spiro atoms. The van der Waals surface area contributed by atoms with Crippen LogP contribution in [0.1, 0.15) is 78.9 Å². The Labute approximate surface area is 511 Å². The highest BCUT2D eigenvalue weighted by atomic mass is 79.9. The number of hydrogen-bond acceptors (Lipinski definition) is 17. The lowest BCUT2D eigenvalue weighted by molar-refractivity contribution is 0.0591. The van der Waals surface area contributed by atoms with Crippen LogP contribution in [0.15, 0.2) is 170 Å². The standard InChI is InChI=1S/2C19H19NO5.C10H11BrO3.C9H9NO2.C9H8O2/c1-23-19(22)14-6-8-15(9-7-14)24-12-10-20-11-13-25-17-5-3-2-4-16(17)18(20)21;21-13-17(22)14-5-7-15(8-6-14)24-11-9-20-10-12-25-18-4-2-1-3-16(18)19(20)23;1-13-10(12)8-2-4-9(5-3-8)14-7-6-11;11-9-7-3-1-2-4-8(7)12-6-5-10-9;10-8-5-6-11-9-4-2-1-3-7(8)9/h2-9H,10-13H2,1H3;1-8,21H,9-13H2;2-5H,6-7H2,1H3;1-4H,5-6H2,(H,10,11);1-4H,5-6H2. The van der Waals surface area contributed by atoms with Crippen LogP contribution in [-0.2, 0) is 9.47 Å². The van der Waals surface area contributed by atoms with Crippen molar-refractivity contribution >= 4 is 57.2 Å². The summed E-state index contributed by atoms with van der Waals surface area (Å²) in [5.41, 5.74) is 3.90. The summed E-state index contributed by atoms with van der Waals surface area (Å²) in [6.45, 7) is 5.23. The van der Waals surface area contributed by atoms with Crippen molar-refractivity contribution in [2.45, 2.75) is 6.42 Å². The van der Waals surface area contributed by atoms with Gasteiger partial charge in [0.15, 0.2) is 11.6 Å². The maximum Gasteiger partial charge on any atom is 0.337 e. The van der Waals surface area contributed by atoms with Gasteiger partial charge in [-0.15, -0.1) is 0 Å². The molecule has 3 amide bonds. The Bertz CT molecular complexity index is 3280. The largest absolute Gasteiger partial charge is 0.493 e. The van der Waals surface area contributed by atoms with Gasteiger partial charge in [-0.3, -0.25) is 24.0 Å². The van der Waals surface area contributed by atoms with Crippen LogP contribution < -0.4 is 38.5 Å². The number of aliphatic hydroxyl groups is 1. The van der Waals surface area contributed by atoms with E-state index in [9.17, 15) is 33.6 Å². The molecule has 0 unspecified atom stereocenters. The zero-order valence-corrected chi connectivity index (χ0v) is 49.6. The maximum atomic E-state index is 12.6. The molecule has 11 rings (SSSR count). The van der Waals surface area contributed by atoms with Gasteiger partial charge in [-0.25, -0.2) is 9.59 Å². The number of alkyl halides is 1. The molecule has 0 saturated carbocycles. The number of para-hydroxylation sites is 4. The van der Waals surface area contributed by atoms with Crippen LogP contribution in [-0.4, -0.2) is 161 Å². The number of carbonyl (C=O) groups is 7. The molecule has 0 radical (unpaired) electrons. The molecule has 0 aromatic heterocycles. The number of carbonyl (C=O) groups excluding carboxylic acids is 7. The molecule has 7 aromatic rings. The number of nitrogens with zero attached hydrogens (tertiary/aromatic N) is 2. The fourth-order valence-electron chi connectivity index (χ4n) is 8.59. The molecule has 4 aliphatic rings. The quantitative estimate of drug-likeness (QED) is 0.0553. The van der Waals surface area contributed by atoms with Gasteiger partial charge in [-0.2, -0.15) is 0 Å². The number of rotatable bonds is 15. The number of aliphatic hydroxyl groups excluding tert-OH is 1. The van der Waals surface area contributed by atoms with E-state index >= 15 is 0 Å². The summed E-state index contributed by atoms with van der Waals surface area (Å²) in [7, 11) is 2.70. The number of benzene rings is 7. The number of ether oxygens (including phenoxy) is 9. The van der Waals surface area contributed by atoms with Crippen molar-refractivity contribution in [3.05, 3.63) is 209 Å². The number of ketones is 2. The SMILES string of the molecule is COC(=O)c1ccc(OCCBr)cc1.COC(=O)c1ccc(OCCN2CCOc3ccccc3C2=O)cc1.O=C(CO)c1ccc(OCCN2CCOc3ccccc3C2=O)cc1.O=C1CCOc2ccccc21.O=C1NCCOc2ccccc21. The molecular weight excluding hydrogens is 1190 g/mol. The van der Waals surface area contributed by atoms with E-state index in [1.165, 1.54) is 14.2 Å². The van der Waals surface area contributed by atoms with E-state index < -0.39 is 6.61 Å². The predicted octanol–water partition coefficient (Wildman–Crippen LogP) is 8.87. The van der Waals surface area contributed by atoms with E-state index in [2.05, 4.69) is 30.7 Å². The second-order valence-electron chi connectivity index (χ2n) is 18.8. The third kappa shape index (κ3) is 19.4. The summed E-state index contributed by atoms with van der Waals surface area (Å²) in [6, 6.07) is 49.1. The summed E-state index contributed by atoms with van der Waals surface area (Å²) >= 11 is 3.26. The second-order valence-corrected chi connectivity index (χ2v) is 19.6. The molecule has 454 valence electrons. The van der Waals surface area contributed by atoms with E-state index in [4.69, 9.17) is 38.3 Å². The minimum Gasteiger partial charge on any atom is -0.493 e. The van der Waals surface area contributed by atoms with Crippen LogP contribution in [0.4, 0.5) is 0 Å². The lowest BCUT2D eigenvalue weighted by Crippen LogP contribution is -2.35. The van der Waals surface area contributed by atoms with Crippen LogP contribution in [0.2, 0.25) is 0 Å². The van der Waals surface area contributed by atoms with Crippen molar-refractivity contribution in [3.63, 3.8) is 0 Å². The first-order chi connectivity index (χ1) is 42.4. The number of fused-ring (bicyclic) bond motifs is 4. The highest BCUT2D eigenvalue weighted by molar-refractivity contribution is 9.09. The molecule has 0 saturated heterocycles. The van der Waals surface area contributed by atoms with Gasteiger partial charge in [-0.05, 0) is 121 Å². The average Bonchev–Trinajstić information content (AvgIpc) is 3.81. The van der Waals surface area contributed by atoms with Gasteiger partial charge < -0.3 is 62.9 Å². The molecule has 2 N–H and O–H groups in total. The van der Waals surface area contributed by atoms with Gasteiger partial charge in [-0.1, -0.05) is 64.5 Å². The van der Waals surface area contributed by atoms with Crippen molar-refractivity contribution in [1.29, 1.82) is 0 Å². The first kappa shape index (κ1) is 64.8. The van der Waals surface area contributed by atoms with Crippen molar-refractivity contribution in [3.8, 4) is 40.2 Å². The minimum absolute atomic E-state index is 0.0527. The van der Waals surface area contributed by atoms with E-state index in [1.54, 1.807) is 125 Å². The van der Waals surface area contributed by atoms with E-state index in [-0.39, 0.29) is 41.2 Å². The molecule has 0 fully saturated rings. The number of amides is 3. The van der Waals surface area contributed by atoms with Crippen molar-refractivity contribution in [1.82, 2.24) is 15.1 Å². The first-order valence-corrected chi connectivity index (χ1v) is 28.9. The lowest BCUT2D eigenvalue weighted by Gasteiger charge is -2.20. The monoisotopic (exact) mass is 1250 g/mol. The Hall–Kier alpha value is -9.73. The van der Waals surface area contributed by atoms with Crippen molar-refractivity contribution < 1.29 is 81.3 Å². The third-order valence-corrected chi connectivity index (χ3v) is 13.4. The average molecular weight is 1250 g/mol. The highest BCUT2D eigenvalue weighted by Gasteiger charge is 2.25. The predicted molar refractivity (Wildman–Crippen MR) is 325 cm³/mol.